The molecule has 2 N–H and O–H groups in total. The summed E-state index contributed by atoms with van der Waals surface area (Å²) in [6, 6.07) is -0.132. The molecule has 1 amide bonds. The number of rotatable bonds is 2. The maximum Gasteiger partial charge on any atom is 0.234 e. The molecule has 0 bridgehead atoms. The van der Waals surface area contributed by atoms with Crippen molar-refractivity contribution in [2.24, 2.45) is 5.73 Å². The number of carbonyl (C=O) groups is 1. The minimum atomic E-state index is -0.223. The molecule has 1 fully saturated rings. The molecule has 4 nitrogen and oxygen atoms in total. The molecule has 0 aliphatic carbocycles. The summed E-state index contributed by atoms with van der Waals surface area (Å²) in [4.78, 5) is 15.6. The number of hydrogen-bond acceptors (Lipinski definition) is 3. The van der Waals surface area contributed by atoms with Crippen LogP contribution in [0.1, 0.15) is 41.5 Å². The molecule has 1 rings (SSSR count). The first-order valence-corrected chi connectivity index (χ1v) is 6.61. The normalized spacial score (nSPS) is 20.4. The predicted octanol–water partition coefficient (Wildman–Crippen LogP) is 1.30. The monoisotopic (exact) mass is 243 g/mol. The van der Waals surface area contributed by atoms with Gasteiger partial charge in [0.2, 0.25) is 5.91 Å². The van der Waals surface area contributed by atoms with Crippen LogP contribution in [0.15, 0.2) is 0 Å². The Bertz CT molecular complexity index is 227. The second kappa shape index (κ2) is 6.97. The fourth-order valence-electron chi connectivity index (χ4n) is 1.96. The van der Waals surface area contributed by atoms with Gasteiger partial charge in [-0.1, -0.05) is 13.8 Å². The number of nitrogens with zero attached hydrogens (tertiary/aromatic N) is 2. The molecule has 1 aliphatic heterocycles. The van der Waals surface area contributed by atoms with Gasteiger partial charge < -0.3 is 5.73 Å². The number of piperazine rings is 1. The van der Waals surface area contributed by atoms with E-state index < -0.39 is 0 Å². The number of nitrogens with two attached hydrogens (primary N) is 1. The maximum atomic E-state index is 11.0. The number of amides is 1. The van der Waals surface area contributed by atoms with Crippen LogP contribution >= 0.6 is 0 Å². The molecule has 1 aliphatic rings. The lowest BCUT2D eigenvalue weighted by atomic mass is 10.0. The van der Waals surface area contributed by atoms with Gasteiger partial charge in [0.15, 0.2) is 0 Å². The Hall–Kier alpha value is -0.610. The van der Waals surface area contributed by atoms with Gasteiger partial charge in [-0.2, -0.15) is 0 Å². The Kier molecular flexibility index (Phi) is 6.72. The Morgan fingerprint density at radius 3 is 1.82 bits per heavy atom. The molecular weight excluding hydrogens is 214 g/mol. The molecule has 4 heteroatoms. The highest BCUT2D eigenvalue weighted by atomic mass is 16.1. The van der Waals surface area contributed by atoms with E-state index in [1.54, 1.807) is 0 Å². The quantitative estimate of drug-likeness (QED) is 0.795. The van der Waals surface area contributed by atoms with E-state index in [-0.39, 0.29) is 17.5 Å². The van der Waals surface area contributed by atoms with Crippen molar-refractivity contribution in [3.63, 3.8) is 0 Å². The van der Waals surface area contributed by atoms with E-state index in [9.17, 15) is 4.79 Å². The van der Waals surface area contributed by atoms with Crippen LogP contribution in [0.5, 0.6) is 0 Å². The van der Waals surface area contributed by atoms with Crippen molar-refractivity contribution < 1.29 is 4.79 Å². The molecule has 102 valence electrons. The van der Waals surface area contributed by atoms with Crippen molar-refractivity contribution in [1.82, 2.24) is 9.80 Å². The molecule has 0 aromatic rings. The van der Waals surface area contributed by atoms with Gasteiger partial charge in [-0.3, -0.25) is 14.6 Å². The van der Waals surface area contributed by atoms with E-state index in [4.69, 9.17) is 5.73 Å². The minimum Gasteiger partial charge on any atom is -0.368 e. The van der Waals surface area contributed by atoms with Crippen molar-refractivity contribution in [2.45, 2.75) is 53.1 Å². The third-order valence-corrected chi connectivity index (χ3v) is 3.22. The van der Waals surface area contributed by atoms with E-state index in [0.717, 1.165) is 26.2 Å². The molecule has 1 atom stereocenters. The SMILES string of the molecule is CC.CC(C(N)=O)N1CCN(C(C)(C)C)CC1. The van der Waals surface area contributed by atoms with Crippen LogP contribution in [0.4, 0.5) is 0 Å². The predicted molar refractivity (Wildman–Crippen MR) is 72.9 cm³/mol. The van der Waals surface area contributed by atoms with E-state index in [1.165, 1.54) is 0 Å². The molecule has 0 radical (unpaired) electrons. The summed E-state index contributed by atoms with van der Waals surface area (Å²) in [5.74, 6) is -0.223. The number of hydrogen-bond donors (Lipinski definition) is 1. The molecule has 1 saturated heterocycles. The Morgan fingerprint density at radius 1 is 1.12 bits per heavy atom. The summed E-state index contributed by atoms with van der Waals surface area (Å²) in [7, 11) is 0. The van der Waals surface area contributed by atoms with Gasteiger partial charge in [-0.05, 0) is 27.7 Å². The van der Waals surface area contributed by atoms with Crippen LogP contribution in [-0.4, -0.2) is 53.5 Å². The summed E-state index contributed by atoms with van der Waals surface area (Å²) in [5.41, 5.74) is 5.52. The molecular formula is C13H29N3O. The van der Waals surface area contributed by atoms with E-state index in [0.29, 0.717) is 0 Å². The third-order valence-electron chi connectivity index (χ3n) is 3.22. The summed E-state index contributed by atoms with van der Waals surface area (Å²) in [6.45, 7) is 16.4. The topological polar surface area (TPSA) is 49.6 Å². The molecule has 0 aromatic carbocycles. The fourth-order valence-corrected chi connectivity index (χ4v) is 1.96. The molecule has 1 unspecified atom stereocenters. The minimum absolute atomic E-state index is 0.132. The Labute approximate surface area is 106 Å². The van der Waals surface area contributed by atoms with E-state index in [2.05, 4.69) is 30.6 Å². The highest BCUT2D eigenvalue weighted by Crippen LogP contribution is 2.16. The number of carbonyl (C=O) groups excluding carboxylic acids is 1. The molecule has 17 heavy (non-hydrogen) atoms. The smallest absolute Gasteiger partial charge is 0.234 e. The summed E-state index contributed by atoms with van der Waals surface area (Å²) < 4.78 is 0. The highest BCUT2D eigenvalue weighted by molar-refractivity contribution is 5.79. The molecule has 0 spiro atoms. The van der Waals surface area contributed by atoms with Crippen molar-refractivity contribution in [1.29, 1.82) is 0 Å². The lowest BCUT2D eigenvalue weighted by molar-refractivity contribution is -0.123. The highest BCUT2D eigenvalue weighted by Gasteiger charge is 2.28. The van der Waals surface area contributed by atoms with Gasteiger partial charge in [-0.25, -0.2) is 0 Å². The molecule has 0 aromatic heterocycles. The van der Waals surface area contributed by atoms with Crippen molar-refractivity contribution in [3.8, 4) is 0 Å². The van der Waals surface area contributed by atoms with Crippen LogP contribution < -0.4 is 5.73 Å². The fraction of sp³-hybridized carbons (Fsp3) is 0.923. The molecule has 1 heterocycles. The summed E-state index contributed by atoms with van der Waals surface area (Å²) in [6.07, 6.45) is 0. The van der Waals surface area contributed by atoms with Crippen molar-refractivity contribution in [3.05, 3.63) is 0 Å². The van der Waals surface area contributed by atoms with Crippen LogP contribution in [0, 0.1) is 0 Å². The van der Waals surface area contributed by atoms with Gasteiger partial charge >= 0.3 is 0 Å². The largest absolute Gasteiger partial charge is 0.368 e. The van der Waals surface area contributed by atoms with E-state index >= 15 is 0 Å². The standard InChI is InChI=1S/C11H23N3O.C2H6/c1-9(10(12)15)13-5-7-14(8-6-13)11(2,3)4;1-2/h9H,5-8H2,1-4H3,(H2,12,15);1-2H3. The van der Waals surface area contributed by atoms with Crippen molar-refractivity contribution in [2.75, 3.05) is 26.2 Å². The van der Waals surface area contributed by atoms with Gasteiger partial charge in [0, 0.05) is 31.7 Å². The second-order valence-electron chi connectivity index (χ2n) is 5.27. The van der Waals surface area contributed by atoms with Gasteiger partial charge in [-0.15, -0.1) is 0 Å². The lowest BCUT2D eigenvalue weighted by Crippen LogP contribution is -2.57. The first kappa shape index (κ1) is 16.4. The Balaban J connectivity index is 0.00000121. The summed E-state index contributed by atoms with van der Waals surface area (Å²) in [5, 5.41) is 0. The van der Waals surface area contributed by atoms with Crippen LogP contribution in [0.25, 0.3) is 0 Å². The maximum absolute atomic E-state index is 11.0. The first-order chi connectivity index (χ1) is 7.82. The second-order valence-corrected chi connectivity index (χ2v) is 5.27. The zero-order chi connectivity index (χ0) is 13.6. The summed E-state index contributed by atoms with van der Waals surface area (Å²) >= 11 is 0. The number of primary amides is 1. The Morgan fingerprint density at radius 2 is 1.53 bits per heavy atom. The van der Waals surface area contributed by atoms with Crippen LogP contribution in [-0.2, 0) is 4.79 Å². The third kappa shape index (κ3) is 5.04. The average Bonchev–Trinajstić information content (AvgIpc) is 2.29. The van der Waals surface area contributed by atoms with Gasteiger partial charge in [0.05, 0.1) is 6.04 Å². The van der Waals surface area contributed by atoms with Crippen molar-refractivity contribution >= 4 is 5.91 Å². The first-order valence-electron chi connectivity index (χ1n) is 6.61. The average molecular weight is 243 g/mol. The van der Waals surface area contributed by atoms with Gasteiger partial charge in [0.25, 0.3) is 0 Å². The zero-order valence-electron chi connectivity index (χ0n) is 12.3. The van der Waals surface area contributed by atoms with E-state index in [1.807, 2.05) is 20.8 Å². The van der Waals surface area contributed by atoms with Crippen LogP contribution in [0.2, 0.25) is 0 Å². The zero-order valence-corrected chi connectivity index (χ0v) is 12.3. The molecule has 0 saturated carbocycles. The van der Waals surface area contributed by atoms with Gasteiger partial charge in [0.1, 0.15) is 0 Å². The lowest BCUT2D eigenvalue weighted by Gasteiger charge is -2.43. The van der Waals surface area contributed by atoms with Crippen LogP contribution in [0.3, 0.4) is 0 Å².